The minimum atomic E-state index is 0.632. The van der Waals surface area contributed by atoms with Crippen molar-refractivity contribution in [2.24, 2.45) is 5.73 Å². The molecule has 1 aliphatic rings. The third-order valence-corrected chi connectivity index (χ3v) is 3.43. The lowest BCUT2D eigenvalue weighted by molar-refractivity contribution is 0.811. The number of aromatic nitrogens is 2. The average molecular weight is 209 g/mol. The summed E-state index contributed by atoms with van der Waals surface area (Å²) in [5.41, 5.74) is 9.25. The molecule has 0 spiro atoms. The Balaban J connectivity index is 2.36. The fourth-order valence-electron chi connectivity index (χ4n) is 1.70. The minimum absolute atomic E-state index is 0.632. The zero-order chi connectivity index (χ0) is 9.97. The van der Waals surface area contributed by atoms with Crippen LogP contribution in [0.15, 0.2) is 0 Å². The molecule has 0 atom stereocenters. The molecule has 2 heterocycles. The van der Waals surface area contributed by atoms with Gasteiger partial charge < -0.3 is 5.73 Å². The van der Waals surface area contributed by atoms with Gasteiger partial charge in [0, 0.05) is 29.1 Å². The molecular weight excluding hydrogens is 194 g/mol. The molecule has 1 aliphatic heterocycles. The number of thioether (sulfide) groups is 1. The van der Waals surface area contributed by atoms with Crippen LogP contribution >= 0.6 is 11.8 Å². The normalized spacial score (nSPS) is 15.3. The Morgan fingerprint density at radius 2 is 2.29 bits per heavy atom. The quantitative estimate of drug-likeness (QED) is 0.791. The van der Waals surface area contributed by atoms with Gasteiger partial charge >= 0.3 is 0 Å². The molecular formula is C10H15N3S. The summed E-state index contributed by atoms with van der Waals surface area (Å²) in [6.45, 7) is 2.71. The Labute approximate surface area is 88.5 Å². The van der Waals surface area contributed by atoms with Gasteiger partial charge in [-0.15, -0.1) is 0 Å². The predicted molar refractivity (Wildman–Crippen MR) is 59.4 cm³/mol. The molecule has 0 radical (unpaired) electrons. The molecule has 76 valence electrons. The molecule has 0 saturated heterocycles. The van der Waals surface area contributed by atoms with Gasteiger partial charge in [-0.1, -0.05) is 0 Å². The number of nitrogens with zero attached hydrogens (tertiary/aromatic N) is 2. The van der Waals surface area contributed by atoms with Crippen LogP contribution in [0.4, 0.5) is 0 Å². The van der Waals surface area contributed by atoms with E-state index in [1.54, 1.807) is 0 Å². The Morgan fingerprint density at radius 1 is 1.43 bits per heavy atom. The van der Waals surface area contributed by atoms with E-state index in [4.69, 9.17) is 5.73 Å². The van der Waals surface area contributed by atoms with Crippen LogP contribution in [0.1, 0.15) is 22.8 Å². The maximum absolute atomic E-state index is 5.50. The van der Waals surface area contributed by atoms with E-state index in [-0.39, 0.29) is 0 Å². The molecule has 4 heteroatoms. The number of hydrogen-bond acceptors (Lipinski definition) is 4. The Hall–Kier alpha value is -0.610. The van der Waals surface area contributed by atoms with Gasteiger partial charge in [0.25, 0.3) is 0 Å². The first-order valence-electron chi connectivity index (χ1n) is 4.94. The highest BCUT2D eigenvalue weighted by atomic mass is 32.2. The van der Waals surface area contributed by atoms with Crippen molar-refractivity contribution in [2.45, 2.75) is 25.5 Å². The van der Waals surface area contributed by atoms with Crippen molar-refractivity contribution in [3.63, 3.8) is 0 Å². The molecule has 0 unspecified atom stereocenters. The summed E-state index contributed by atoms with van der Waals surface area (Å²) in [7, 11) is 0. The Bertz CT molecular complexity index is 338. The standard InChI is InChI=1S/C10H15N3S/c1-7-8-6-14-5-3-9(8)13-10(12-7)2-4-11/h2-6,11H2,1H3. The average Bonchev–Trinajstić information content (AvgIpc) is 2.18. The highest BCUT2D eigenvalue weighted by Crippen LogP contribution is 2.24. The van der Waals surface area contributed by atoms with E-state index in [9.17, 15) is 0 Å². The van der Waals surface area contributed by atoms with Gasteiger partial charge in [0.2, 0.25) is 0 Å². The van der Waals surface area contributed by atoms with Crippen LogP contribution in [0.5, 0.6) is 0 Å². The fourth-order valence-corrected chi connectivity index (χ4v) is 2.76. The molecule has 0 fully saturated rings. The minimum Gasteiger partial charge on any atom is -0.330 e. The van der Waals surface area contributed by atoms with Crippen LogP contribution in [-0.2, 0) is 18.6 Å². The van der Waals surface area contributed by atoms with Gasteiger partial charge in [0.05, 0.1) is 0 Å². The number of fused-ring (bicyclic) bond motifs is 1. The maximum atomic E-state index is 5.50. The van der Waals surface area contributed by atoms with Crippen molar-refractivity contribution in [3.05, 3.63) is 22.8 Å². The molecule has 0 aromatic carbocycles. The number of nitrogens with two attached hydrogens (primary N) is 1. The second-order valence-electron chi connectivity index (χ2n) is 3.49. The first-order chi connectivity index (χ1) is 6.81. The molecule has 1 aromatic heterocycles. The zero-order valence-electron chi connectivity index (χ0n) is 8.42. The fraction of sp³-hybridized carbons (Fsp3) is 0.600. The van der Waals surface area contributed by atoms with Crippen LogP contribution in [0, 0.1) is 6.92 Å². The second kappa shape index (κ2) is 4.28. The third-order valence-electron chi connectivity index (χ3n) is 2.44. The molecule has 0 amide bonds. The third kappa shape index (κ3) is 1.91. The Kier molecular flexibility index (Phi) is 3.03. The molecule has 0 saturated carbocycles. The van der Waals surface area contributed by atoms with Gasteiger partial charge in [-0.2, -0.15) is 11.8 Å². The molecule has 3 nitrogen and oxygen atoms in total. The van der Waals surface area contributed by atoms with Crippen molar-refractivity contribution in [1.82, 2.24) is 9.97 Å². The largest absolute Gasteiger partial charge is 0.330 e. The highest BCUT2D eigenvalue weighted by Gasteiger charge is 2.15. The first kappa shape index (κ1) is 9.93. The van der Waals surface area contributed by atoms with Gasteiger partial charge in [0.1, 0.15) is 5.82 Å². The van der Waals surface area contributed by atoms with E-state index >= 15 is 0 Å². The van der Waals surface area contributed by atoms with E-state index in [0.29, 0.717) is 6.54 Å². The zero-order valence-corrected chi connectivity index (χ0v) is 9.23. The SMILES string of the molecule is Cc1nc(CCN)nc2c1CSCC2. The van der Waals surface area contributed by atoms with E-state index in [2.05, 4.69) is 16.9 Å². The van der Waals surface area contributed by atoms with Crippen LogP contribution < -0.4 is 5.73 Å². The van der Waals surface area contributed by atoms with Gasteiger partial charge in [-0.05, 0) is 25.6 Å². The smallest absolute Gasteiger partial charge is 0.130 e. The van der Waals surface area contributed by atoms with E-state index in [1.165, 1.54) is 17.0 Å². The summed E-state index contributed by atoms with van der Waals surface area (Å²) in [5.74, 6) is 3.17. The molecule has 0 aliphatic carbocycles. The maximum Gasteiger partial charge on any atom is 0.130 e. The summed E-state index contributed by atoms with van der Waals surface area (Å²) >= 11 is 1.97. The molecule has 0 bridgehead atoms. The summed E-state index contributed by atoms with van der Waals surface area (Å²) < 4.78 is 0. The van der Waals surface area contributed by atoms with Crippen LogP contribution in [-0.4, -0.2) is 22.3 Å². The first-order valence-corrected chi connectivity index (χ1v) is 6.10. The van der Waals surface area contributed by atoms with Crippen molar-refractivity contribution < 1.29 is 0 Å². The van der Waals surface area contributed by atoms with Crippen molar-refractivity contribution >= 4 is 11.8 Å². The molecule has 1 aromatic rings. The van der Waals surface area contributed by atoms with Crippen molar-refractivity contribution in [2.75, 3.05) is 12.3 Å². The predicted octanol–water partition coefficient (Wildman–Crippen LogP) is 1.08. The highest BCUT2D eigenvalue weighted by molar-refractivity contribution is 7.98. The van der Waals surface area contributed by atoms with Gasteiger partial charge in [0.15, 0.2) is 0 Å². The lowest BCUT2D eigenvalue weighted by Crippen LogP contribution is -2.14. The van der Waals surface area contributed by atoms with Gasteiger partial charge in [-0.25, -0.2) is 9.97 Å². The Morgan fingerprint density at radius 3 is 3.07 bits per heavy atom. The summed E-state index contributed by atoms with van der Waals surface area (Å²) in [6.07, 6.45) is 1.88. The topological polar surface area (TPSA) is 51.8 Å². The summed E-state index contributed by atoms with van der Waals surface area (Å²) in [5, 5.41) is 0. The van der Waals surface area contributed by atoms with E-state index in [1.807, 2.05) is 11.8 Å². The second-order valence-corrected chi connectivity index (χ2v) is 4.60. The molecule has 14 heavy (non-hydrogen) atoms. The molecule has 2 rings (SSSR count). The van der Waals surface area contributed by atoms with Crippen LogP contribution in [0.3, 0.4) is 0 Å². The molecule has 2 N–H and O–H groups in total. The van der Waals surface area contributed by atoms with E-state index in [0.717, 1.165) is 30.1 Å². The summed E-state index contributed by atoms with van der Waals surface area (Å²) in [6, 6.07) is 0. The number of aryl methyl sites for hydroxylation is 2. The number of hydrogen-bond donors (Lipinski definition) is 1. The van der Waals surface area contributed by atoms with Gasteiger partial charge in [-0.3, -0.25) is 0 Å². The summed E-state index contributed by atoms with van der Waals surface area (Å²) in [4.78, 5) is 9.03. The van der Waals surface area contributed by atoms with Crippen LogP contribution in [0.25, 0.3) is 0 Å². The number of rotatable bonds is 2. The van der Waals surface area contributed by atoms with Crippen LogP contribution in [0.2, 0.25) is 0 Å². The van der Waals surface area contributed by atoms with Crippen molar-refractivity contribution in [1.29, 1.82) is 0 Å². The lowest BCUT2D eigenvalue weighted by Gasteiger charge is -2.17. The monoisotopic (exact) mass is 209 g/mol. The van der Waals surface area contributed by atoms with E-state index < -0.39 is 0 Å². The van der Waals surface area contributed by atoms with Crippen molar-refractivity contribution in [3.8, 4) is 0 Å². The lowest BCUT2D eigenvalue weighted by atomic mass is 10.1.